The number of anilines is 1. The quantitative estimate of drug-likeness (QED) is 0.934. The monoisotopic (exact) mass is 311 g/mol. The van der Waals surface area contributed by atoms with Crippen LogP contribution in [0.4, 0.5) is 10.3 Å². The number of halogens is 2. The molecule has 1 heterocycles. The largest absolute Gasteiger partial charge is 0.369 e. The lowest BCUT2D eigenvalue weighted by molar-refractivity contribution is 0.612. The first-order chi connectivity index (χ1) is 8.61. The molecule has 0 aliphatic heterocycles. The van der Waals surface area contributed by atoms with E-state index >= 15 is 0 Å². The molecular weight excluding hydrogens is 297 g/mol. The summed E-state index contributed by atoms with van der Waals surface area (Å²) in [5.41, 5.74) is 7.52. The molecule has 3 nitrogen and oxygen atoms in total. The van der Waals surface area contributed by atoms with Crippen molar-refractivity contribution in [1.82, 2.24) is 9.55 Å². The molecular formula is C13H15BrFN3. The fourth-order valence-electron chi connectivity index (χ4n) is 2.69. The molecule has 0 radical (unpaired) electrons. The minimum Gasteiger partial charge on any atom is -0.369 e. The molecule has 18 heavy (non-hydrogen) atoms. The molecule has 0 saturated heterocycles. The van der Waals surface area contributed by atoms with Crippen LogP contribution in [0, 0.1) is 11.7 Å². The van der Waals surface area contributed by atoms with E-state index < -0.39 is 0 Å². The van der Waals surface area contributed by atoms with Crippen molar-refractivity contribution in [2.24, 2.45) is 5.92 Å². The Balaban J connectivity index is 2.07. The molecule has 0 spiro atoms. The highest BCUT2D eigenvalue weighted by Crippen LogP contribution is 2.49. The number of hydrogen-bond donors (Lipinski definition) is 1. The maximum atomic E-state index is 13.6. The van der Waals surface area contributed by atoms with Gasteiger partial charge in [-0.25, -0.2) is 9.37 Å². The summed E-state index contributed by atoms with van der Waals surface area (Å²) >= 11 is 3.17. The van der Waals surface area contributed by atoms with Gasteiger partial charge < -0.3 is 10.3 Å². The molecule has 0 amide bonds. The number of nitrogens with two attached hydrogens (primary N) is 1. The molecule has 2 unspecified atom stereocenters. The fourth-order valence-corrected chi connectivity index (χ4v) is 3.02. The van der Waals surface area contributed by atoms with Crippen molar-refractivity contribution < 1.29 is 4.39 Å². The Hall–Kier alpha value is -1.10. The highest BCUT2D eigenvalue weighted by Gasteiger charge is 2.39. The average Bonchev–Trinajstić information content (AvgIpc) is 2.98. The molecule has 2 N–H and O–H groups in total. The molecule has 1 aromatic carbocycles. The number of benzene rings is 1. The lowest BCUT2D eigenvalue weighted by atomic mass is 10.2. The molecule has 1 fully saturated rings. The molecule has 2 atom stereocenters. The van der Waals surface area contributed by atoms with Crippen LogP contribution in [0.15, 0.2) is 16.6 Å². The van der Waals surface area contributed by atoms with Gasteiger partial charge in [-0.2, -0.15) is 0 Å². The van der Waals surface area contributed by atoms with Crippen LogP contribution in [-0.2, 0) is 0 Å². The highest BCUT2D eigenvalue weighted by atomic mass is 79.9. The van der Waals surface area contributed by atoms with Gasteiger partial charge in [-0.15, -0.1) is 0 Å². The SMILES string of the molecule is CCCC1CC1n1c(N)nc2cc(Br)c(F)cc21. The number of imidazole rings is 1. The van der Waals surface area contributed by atoms with Crippen LogP contribution in [0.25, 0.3) is 11.0 Å². The van der Waals surface area contributed by atoms with Crippen molar-refractivity contribution in [1.29, 1.82) is 0 Å². The van der Waals surface area contributed by atoms with E-state index in [2.05, 4.69) is 27.8 Å². The number of rotatable bonds is 3. The van der Waals surface area contributed by atoms with Crippen molar-refractivity contribution in [3.63, 3.8) is 0 Å². The number of nitrogens with zero attached hydrogens (tertiary/aromatic N) is 2. The van der Waals surface area contributed by atoms with E-state index in [1.807, 2.05) is 4.57 Å². The second-order valence-electron chi connectivity index (χ2n) is 4.95. The highest BCUT2D eigenvalue weighted by molar-refractivity contribution is 9.10. The third-order valence-electron chi connectivity index (χ3n) is 3.64. The predicted octanol–water partition coefficient (Wildman–Crippen LogP) is 3.88. The maximum absolute atomic E-state index is 13.6. The first-order valence-electron chi connectivity index (χ1n) is 6.24. The van der Waals surface area contributed by atoms with Crippen LogP contribution < -0.4 is 5.73 Å². The number of fused-ring (bicyclic) bond motifs is 1. The van der Waals surface area contributed by atoms with E-state index in [-0.39, 0.29) is 5.82 Å². The van der Waals surface area contributed by atoms with Gasteiger partial charge in [0.15, 0.2) is 0 Å². The minimum absolute atomic E-state index is 0.267. The summed E-state index contributed by atoms with van der Waals surface area (Å²) in [6, 6.07) is 3.61. The van der Waals surface area contributed by atoms with Gasteiger partial charge >= 0.3 is 0 Å². The van der Waals surface area contributed by atoms with Gasteiger partial charge in [0.05, 0.1) is 15.5 Å². The van der Waals surface area contributed by atoms with Gasteiger partial charge in [-0.3, -0.25) is 0 Å². The van der Waals surface area contributed by atoms with E-state index in [1.165, 1.54) is 18.9 Å². The van der Waals surface area contributed by atoms with Crippen molar-refractivity contribution in [2.45, 2.75) is 32.2 Å². The van der Waals surface area contributed by atoms with E-state index in [1.54, 1.807) is 6.07 Å². The normalized spacial score (nSPS) is 22.6. The van der Waals surface area contributed by atoms with Gasteiger partial charge in [-0.1, -0.05) is 13.3 Å². The minimum atomic E-state index is -0.267. The van der Waals surface area contributed by atoms with E-state index in [0.717, 1.165) is 17.5 Å². The van der Waals surface area contributed by atoms with Crippen LogP contribution in [0.3, 0.4) is 0 Å². The van der Waals surface area contributed by atoms with Crippen molar-refractivity contribution in [2.75, 3.05) is 5.73 Å². The molecule has 1 aromatic heterocycles. The molecule has 96 valence electrons. The summed E-state index contributed by atoms with van der Waals surface area (Å²) in [4.78, 5) is 4.31. The van der Waals surface area contributed by atoms with E-state index in [9.17, 15) is 4.39 Å². The lowest BCUT2D eigenvalue weighted by Gasteiger charge is -2.06. The van der Waals surface area contributed by atoms with Crippen molar-refractivity contribution in [3.05, 3.63) is 22.4 Å². The summed E-state index contributed by atoms with van der Waals surface area (Å²) in [6.45, 7) is 2.18. The summed E-state index contributed by atoms with van der Waals surface area (Å²) in [5, 5.41) is 0. The molecule has 1 saturated carbocycles. The number of nitrogen functional groups attached to an aromatic ring is 1. The predicted molar refractivity (Wildman–Crippen MR) is 73.9 cm³/mol. The first-order valence-corrected chi connectivity index (χ1v) is 7.03. The standard InChI is InChI=1S/C13H15BrFN3/c1-2-3-7-4-11(7)18-12-6-9(15)8(14)5-10(12)17-13(18)16/h5-7,11H,2-4H2,1H3,(H2,16,17). The van der Waals surface area contributed by atoms with Crippen LogP contribution in [0.1, 0.15) is 32.2 Å². The average molecular weight is 312 g/mol. The molecule has 3 rings (SSSR count). The summed E-state index contributed by atoms with van der Waals surface area (Å²) in [7, 11) is 0. The zero-order chi connectivity index (χ0) is 12.9. The van der Waals surface area contributed by atoms with Gasteiger partial charge in [0, 0.05) is 12.1 Å². The van der Waals surface area contributed by atoms with Gasteiger partial charge in [-0.05, 0) is 40.8 Å². The zero-order valence-corrected chi connectivity index (χ0v) is 11.7. The van der Waals surface area contributed by atoms with Crippen LogP contribution in [0.5, 0.6) is 0 Å². The Bertz CT molecular complexity index is 608. The number of hydrogen-bond acceptors (Lipinski definition) is 2. The molecule has 5 heteroatoms. The Labute approximate surface area is 113 Å². The summed E-state index contributed by atoms with van der Waals surface area (Å²) in [5.74, 6) is 0.892. The van der Waals surface area contributed by atoms with Crippen molar-refractivity contribution >= 4 is 32.9 Å². The van der Waals surface area contributed by atoms with Crippen LogP contribution in [-0.4, -0.2) is 9.55 Å². The maximum Gasteiger partial charge on any atom is 0.201 e. The third kappa shape index (κ3) is 1.81. The first kappa shape index (κ1) is 12.0. The van der Waals surface area contributed by atoms with Crippen LogP contribution in [0.2, 0.25) is 0 Å². The Morgan fingerprint density at radius 1 is 1.56 bits per heavy atom. The molecule has 1 aliphatic carbocycles. The summed E-state index contributed by atoms with van der Waals surface area (Å²) in [6.07, 6.45) is 3.50. The van der Waals surface area contributed by atoms with Crippen LogP contribution >= 0.6 is 15.9 Å². The molecule has 0 bridgehead atoms. The second-order valence-corrected chi connectivity index (χ2v) is 5.80. The topological polar surface area (TPSA) is 43.8 Å². The smallest absolute Gasteiger partial charge is 0.201 e. The molecule has 2 aromatic rings. The van der Waals surface area contributed by atoms with Gasteiger partial charge in [0.1, 0.15) is 5.82 Å². The Kier molecular flexibility index (Phi) is 2.81. The van der Waals surface area contributed by atoms with E-state index in [0.29, 0.717) is 22.4 Å². The fraction of sp³-hybridized carbons (Fsp3) is 0.462. The number of aromatic nitrogens is 2. The Morgan fingerprint density at radius 2 is 2.33 bits per heavy atom. The third-order valence-corrected chi connectivity index (χ3v) is 4.24. The Morgan fingerprint density at radius 3 is 3.06 bits per heavy atom. The second kappa shape index (κ2) is 4.23. The van der Waals surface area contributed by atoms with E-state index in [4.69, 9.17) is 5.73 Å². The van der Waals surface area contributed by atoms with Gasteiger partial charge in [0.2, 0.25) is 5.95 Å². The lowest BCUT2D eigenvalue weighted by Crippen LogP contribution is -2.02. The van der Waals surface area contributed by atoms with Crippen molar-refractivity contribution in [3.8, 4) is 0 Å². The zero-order valence-electron chi connectivity index (χ0n) is 10.2. The van der Waals surface area contributed by atoms with Gasteiger partial charge in [0.25, 0.3) is 0 Å². The summed E-state index contributed by atoms with van der Waals surface area (Å²) < 4.78 is 16.1. The molecule has 1 aliphatic rings.